The van der Waals surface area contributed by atoms with Gasteiger partial charge in [0.05, 0.1) is 0 Å². The summed E-state index contributed by atoms with van der Waals surface area (Å²) in [5, 5.41) is 5.26. The van der Waals surface area contributed by atoms with Crippen LogP contribution in [-0.4, -0.2) is 21.6 Å². The molecule has 0 unspecified atom stereocenters. The van der Waals surface area contributed by atoms with Crippen LogP contribution in [0, 0.1) is 34.6 Å². The van der Waals surface area contributed by atoms with Crippen molar-refractivity contribution >= 4 is 44.9 Å². The second kappa shape index (κ2) is 8.40. The first-order valence-electron chi connectivity index (χ1n) is 9.08. The Bertz CT molecular complexity index is 971. The van der Waals surface area contributed by atoms with Gasteiger partial charge in [0, 0.05) is 28.1 Å². The number of aromatic nitrogens is 2. The molecule has 0 fully saturated rings. The Morgan fingerprint density at radius 3 is 2.52 bits per heavy atom. The third kappa shape index (κ3) is 4.50. The molecule has 0 aliphatic heterocycles. The summed E-state index contributed by atoms with van der Waals surface area (Å²) < 4.78 is 0. The molecule has 3 rings (SSSR count). The number of hydrogen-bond donors (Lipinski definition) is 1. The van der Waals surface area contributed by atoms with Crippen molar-refractivity contribution in [2.45, 2.75) is 52.5 Å². The van der Waals surface area contributed by atoms with Crippen molar-refractivity contribution in [2.24, 2.45) is 0 Å². The Morgan fingerprint density at radius 2 is 1.81 bits per heavy atom. The molecule has 2 aromatic heterocycles. The molecule has 0 atom stereocenters. The van der Waals surface area contributed by atoms with Gasteiger partial charge in [-0.15, -0.1) is 23.1 Å². The lowest BCUT2D eigenvalue weighted by Gasteiger charge is -2.12. The van der Waals surface area contributed by atoms with Crippen molar-refractivity contribution in [3.05, 3.63) is 45.6 Å². The van der Waals surface area contributed by atoms with Crippen molar-refractivity contribution in [1.29, 1.82) is 0 Å². The maximum Gasteiger partial charge on any atom is 0.224 e. The van der Waals surface area contributed by atoms with E-state index in [9.17, 15) is 4.79 Å². The van der Waals surface area contributed by atoms with Gasteiger partial charge in [-0.25, -0.2) is 9.97 Å². The SMILES string of the molecule is Cc1cc(C)c(NC(=O)CCCSc2ncnc3sc(C)c(C)c23)c(C)c1. The average molecular weight is 400 g/mol. The van der Waals surface area contributed by atoms with Gasteiger partial charge in [-0.05, 0) is 57.7 Å². The van der Waals surface area contributed by atoms with Crippen LogP contribution >= 0.6 is 23.1 Å². The number of nitrogens with one attached hydrogen (secondary N) is 1. The summed E-state index contributed by atoms with van der Waals surface area (Å²) >= 11 is 3.42. The highest BCUT2D eigenvalue weighted by Crippen LogP contribution is 2.34. The van der Waals surface area contributed by atoms with Gasteiger partial charge in [0.1, 0.15) is 16.2 Å². The number of carbonyl (C=O) groups is 1. The second-order valence-corrected chi connectivity index (χ2v) is 9.20. The summed E-state index contributed by atoms with van der Waals surface area (Å²) in [4.78, 5) is 23.5. The Balaban J connectivity index is 1.56. The predicted molar refractivity (Wildman–Crippen MR) is 116 cm³/mol. The molecule has 1 aromatic carbocycles. The average Bonchev–Trinajstić information content (AvgIpc) is 2.90. The van der Waals surface area contributed by atoms with E-state index < -0.39 is 0 Å². The Hall–Kier alpha value is -1.92. The molecule has 0 radical (unpaired) electrons. The van der Waals surface area contributed by atoms with Crippen LogP contribution < -0.4 is 5.32 Å². The number of rotatable bonds is 6. The number of fused-ring (bicyclic) bond motifs is 1. The van der Waals surface area contributed by atoms with Crippen LogP contribution in [0.25, 0.3) is 10.2 Å². The van der Waals surface area contributed by atoms with Gasteiger partial charge in [0.2, 0.25) is 5.91 Å². The summed E-state index contributed by atoms with van der Waals surface area (Å²) in [7, 11) is 0. The maximum atomic E-state index is 12.3. The largest absolute Gasteiger partial charge is 0.326 e. The molecular weight excluding hydrogens is 374 g/mol. The standard InChI is InChI=1S/C21H25N3OS2/c1-12-9-13(2)19(14(3)10-12)24-17(25)7-6-8-26-20-18-15(4)16(5)27-21(18)23-11-22-20/h9-11H,6-8H2,1-5H3,(H,24,25). The van der Waals surface area contributed by atoms with E-state index in [1.807, 2.05) is 13.8 Å². The van der Waals surface area contributed by atoms with Crippen LogP contribution in [0.5, 0.6) is 0 Å². The summed E-state index contributed by atoms with van der Waals surface area (Å²) in [5.41, 5.74) is 5.65. The van der Waals surface area contributed by atoms with E-state index >= 15 is 0 Å². The molecule has 0 aliphatic carbocycles. The molecule has 4 nitrogen and oxygen atoms in total. The zero-order valence-corrected chi connectivity index (χ0v) is 18.1. The van der Waals surface area contributed by atoms with E-state index in [2.05, 4.69) is 48.2 Å². The Morgan fingerprint density at radius 1 is 1.11 bits per heavy atom. The molecule has 0 aliphatic rings. The van der Waals surface area contributed by atoms with Crippen molar-refractivity contribution in [3.8, 4) is 0 Å². The summed E-state index contributed by atoms with van der Waals surface area (Å²) in [6.07, 6.45) is 2.96. The predicted octanol–water partition coefficient (Wildman–Crippen LogP) is 5.74. The number of amides is 1. The molecule has 0 bridgehead atoms. The van der Waals surface area contributed by atoms with Gasteiger partial charge in [0.15, 0.2) is 0 Å². The minimum absolute atomic E-state index is 0.0704. The molecule has 142 valence electrons. The first-order chi connectivity index (χ1) is 12.9. The Kier molecular flexibility index (Phi) is 6.17. The van der Waals surface area contributed by atoms with Crippen LogP contribution in [0.1, 0.15) is 40.0 Å². The lowest BCUT2D eigenvalue weighted by Crippen LogP contribution is -2.13. The number of hydrogen-bond acceptors (Lipinski definition) is 5. The van der Waals surface area contributed by atoms with Gasteiger partial charge in [-0.3, -0.25) is 4.79 Å². The Labute approximate surface area is 168 Å². The maximum absolute atomic E-state index is 12.3. The fourth-order valence-corrected chi connectivity index (χ4v) is 5.30. The van der Waals surface area contributed by atoms with Gasteiger partial charge in [0.25, 0.3) is 0 Å². The topological polar surface area (TPSA) is 54.9 Å². The summed E-state index contributed by atoms with van der Waals surface area (Å²) in [6.45, 7) is 10.4. The van der Waals surface area contributed by atoms with Crippen LogP contribution in [0.3, 0.4) is 0 Å². The molecular formula is C21H25N3OS2. The zero-order valence-electron chi connectivity index (χ0n) is 16.5. The normalized spacial score (nSPS) is 11.1. The highest BCUT2D eigenvalue weighted by molar-refractivity contribution is 7.99. The van der Waals surface area contributed by atoms with E-state index in [-0.39, 0.29) is 5.91 Å². The number of nitrogens with zero attached hydrogens (tertiary/aromatic N) is 2. The minimum atomic E-state index is 0.0704. The van der Waals surface area contributed by atoms with Crippen LogP contribution in [0.15, 0.2) is 23.5 Å². The first kappa shape index (κ1) is 19.8. The number of carbonyl (C=O) groups excluding carboxylic acids is 1. The zero-order chi connectivity index (χ0) is 19.6. The van der Waals surface area contributed by atoms with Crippen molar-refractivity contribution < 1.29 is 4.79 Å². The second-order valence-electron chi connectivity index (χ2n) is 6.92. The highest BCUT2D eigenvalue weighted by atomic mass is 32.2. The number of aryl methyl sites for hydroxylation is 5. The molecule has 27 heavy (non-hydrogen) atoms. The fourth-order valence-electron chi connectivity index (χ4n) is 3.24. The van der Waals surface area contributed by atoms with E-state index in [1.165, 1.54) is 21.4 Å². The summed E-state index contributed by atoms with van der Waals surface area (Å²) in [5.74, 6) is 0.931. The number of benzene rings is 1. The lowest BCUT2D eigenvalue weighted by molar-refractivity contribution is -0.116. The molecule has 1 N–H and O–H groups in total. The van der Waals surface area contributed by atoms with Gasteiger partial charge in [-0.1, -0.05) is 17.7 Å². The third-order valence-corrected chi connectivity index (χ3v) is 6.85. The smallest absolute Gasteiger partial charge is 0.224 e. The van der Waals surface area contributed by atoms with Gasteiger partial charge >= 0.3 is 0 Å². The van der Waals surface area contributed by atoms with Crippen LogP contribution in [-0.2, 0) is 4.79 Å². The van der Waals surface area contributed by atoms with Crippen molar-refractivity contribution in [1.82, 2.24) is 9.97 Å². The van der Waals surface area contributed by atoms with E-state index in [4.69, 9.17) is 0 Å². The summed E-state index contributed by atoms with van der Waals surface area (Å²) in [6, 6.07) is 4.20. The van der Waals surface area contributed by atoms with E-state index in [0.29, 0.717) is 6.42 Å². The molecule has 3 aromatic rings. The monoisotopic (exact) mass is 399 g/mol. The van der Waals surface area contributed by atoms with Crippen molar-refractivity contribution in [3.63, 3.8) is 0 Å². The third-order valence-electron chi connectivity index (χ3n) is 4.66. The van der Waals surface area contributed by atoms with Crippen molar-refractivity contribution in [2.75, 3.05) is 11.1 Å². The van der Waals surface area contributed by atoms with Gasteiger partial charge in [-0.2, -0.15) is 0 Å². The molecule has 1 amide bonds. The number of thiophene rings is 1. The lowest BCUT2D eigenvalue weighted by atomic mass is 10.0. The van der Waals surface area contributed by atoms with Gasteiger partial charge < -0.3 is 5.32 Å². The minimum Gasteiger partial charge on any atom is -0.326 e. The number of thioether (sulfide) groups is 1. The molecule has 0 saturated carbocycles. The fraction of sp³-hybridized carbons (Fsp3) is 0.381. The van der Waals surface area contributed by atoms with E-state index in [0.717, 1.165) is 38.8 Å². The highest BCUT2D eigenvalue weighted by Gasteiger charge is 2.13. The van der Waals surface area contributed by atoms with Crippen LogP contribution in [0.2, 0.25) is 0 Å². The molecule has 2 heterocycles. The molecule has 6 heteroatoms. The number of anilines is 1. The quantitative estimate of drug-likeness (QED) is 0.326. The molecule has 0 saturated heterocycles. The molecule has 0 spiro atoms. The van der Waals surface area contributed by atoms with Crippen LogP contribution in [0.4, 0.5) is 5.69 Å². The van der Waals surface area contributed by atoms with E-state index in [1.54, 1.807) is 29.4 Å². The first-order valence-corrected chi connectivity index (χ1v) is 10.9.